The lowest BCUT2D eigenvalue weighted by Gasteiger charge is -2.47. The van der Waals surface area contributed by atoms with Crippen LogP contribution in [0.15, 0.2) is 48.7 Å². The molecule has 0 saturated heterocycles. The molecule has 0 spiro atoms. The maximum Gasteiger partial charge on any atom is 0.257 e. The Balaban J connectivity index is 1.49. The van der Waals surface area contributed by atoms with Crippen molar-refractivity contribution in [3.8, 4) is 0 Å². The molecule has 7 heteroatoms. The van der Waals surface area contributed by atoms with Crippen molar-refractivity contribution in [2.45, 2.75) is 83.2 Å². The number of anilines is 1. The van der Waals surface area contributed by atoms with Gasteiger partial charge in [-0.1, -0.05) is 75.5 Å². The highest BCUT2D eigenvalue weighted by atomic mass is 35.5. The van der Waals surface area contributed by atoms with Crippen molar-refractivity contribution >= 4 is 42.3 Å². The van der Waals surface area contributed by atoms with Gasteiger partial charge in [0.1, 0.15) is 5.15 Å². The van der Waals surface area contributed by atoms with Crippen LogP contribution in [0.2, 0.25) is 23.3 Å². The zero-order valence-corrected chi connectivity index (χ0v) is 24.4. The Hall–Kier alpha value is -2.41. The van der Waals surface area contributed by atoms with Crippen LogP contribution >= 0.6 is 11.6 Å². The Kier molecular flexibility index (Phi) is 7.11. The Bertz CT molecular complexity index is 1300. The lowest BCUT2D eigenvalue weighted by Crippen LogP contribution is -2.56. The maximum atomic E-state index is 14.1. The van der Waals surface area contributed by atoms with Crippen molar-refractivity contribution in [1.82, 2.24) is 9.88 Å². The third-order valence-corrected chi connectivity index (χ3v) is 13.3. The second kappa shape index (κ2) is 10.0. The molecule has 1 aromatic heterocycles. The summed E-state index contributed by atoms with van der Waals surface area (Å²) in [6.07, 6.45) is 6.87. The van der Waals surface area contributed by atoms with Gasteiger partial charge in [0, 0.05) is 11.6 Å². The quantitative estimate of drug-likeness (QED) is 0.269. The predicted octanol–water partition coefficient (Wildman–Crippen LogP) is 7.64. The summed E-state index contributed by atoms with van der Waals surface area (Å²) < 4.78 is 6.93. The number of nitrogens with one attached hydrogen (secondary N) is 1. The number of benzene rings is 2. The normalized spacial score (nSPS) is 20.6. The van der Waals surface area contributed by atoms with Gasteiger partial charge in [-0.25, -0.2) is 4.98 Å². The van der Waals surface area contributed by atoms with Gasteiger partial charge in [-0.2, -0.15) is 0 Å². The Labute approximate surface area is 226 Å². The van der Waals surface area contributed by atoms with Crippen molar-refractivity contribution in [1.29, 1.82) is 0 Å². The predicted molar refractivity (Wildman–Crippen MR) is 155 cm³/mol. The van der Waals surface area contributed by atoms with E-state index >= 15 is 0 Å². The molecule has 196 valence electrons. The molecule has 1 N–H and O–H groups in total. The molecule has 5 rings (SSSR count). The molecule has 0 radical (unpaired) electrons. The summed E-state index contributed by atoms with van der Waals surface area (Å²) in [4.78, 5) is 20.4. The first-order valence-corrected chi connectivity index (χ1v) is 16.7. The van der Waals surface area contributed by atoms with Crippen LogP contribution < -0.4 is 5.32 Å². The fourth-order valence-electron chi connectivity index (χ4n) is 5.47. The number of aromatic nitrogens is 1. The van der Waals surface area contributed by atoms with Crippen LogP contribution in [0.5, 0.6) is 0 Å². The van der Waals surface area contributed by atoms with Crippen LogP contribution in [-0.4, -0.2) is 42.9 Å². The molecule has 1 saturated carbocycles. The summed E-state index contributed by atoms with van der Waals surface area (Å²) in [5, 5.41) is 6.48. The van der Waals surface area contributed by atoms with Gasteiger partial charge in [0.15, 0.2) is 8.32 Å². The Morgan fingerprint density at radius 3 is 2.54 bits per heavy atom. The number of carbonyl (C=O) groups is 1. The first kappa shape index (κ1) is 26.2. The molecule has 5 nitrogen and oxygen atoms in total. The van der Waals surface area contributed by atoms with Gasteiger partial charge in [-0.05, 0) is 66.0 Å². The van der Waals surface area contributed by atoms with E-state index in [0.717, 1.165) is 58.8 Å². The molecular formula is C30H38ClN3O2Si. The van der Waals surface area contributed by atoms with Crippen LogP contribution in [0.1, 0.15) is 67.9 Å². The highest BCUT2D eigenvalue weighted by Crippen LogP contribution is 2.41. The smallest absolute Gasteiger partial charge is 0.257 e. The van der Waals surface area contributed by atoms with E-state index < -0.39 is 8.32 Å². The van der Waals surface area contributed by atoms with E-state index in [1.165, 1.54) is 0 Å². The summed E-state index contributed by atoms with van der Waals surface area (Å²) >= 11 is 6.01. The van der Waals surface area contributed by atoms with E-state index in [4.69, 9.17) is 16.0 Å². The van der Waals surface area contributed by atoms with E-state index in [1.54, 1.807) is 0 Å². The monoisotopic (exact) mass is 535 g/mol. The van der Waals surface area contributed by atoms with Gasteiger partial charge in [-0.3, -0.25) is 4.79 Å². The SMILES string of the molecule is CC(C)(C)[Si](C)(C)O[C@H]1CCCC[C@@H]1N1CNc2c(cc(Cc3ccc(Cl)nc3)c3ccccc23)C1=O. The average Bonchev–Trinajstić information content (AvgIpc) is 2.86. The molecule has 1 amide bonds. The van der Waals surface area contributed by atoms with Gasteiger partial charge in [-0.15, -0.1) is 0 Å². The molecule has 2 aromatic carbocycles. The summed E-state index contributed by atoms with van der Waals surface area (Å²) in [6, 6.07) is 14.3. The number of pyridine rings is 1. The van der Waals surface area contributed by atoms with Gasteiger partial charge in [0.05, 0.1) is 30.1 Å². The van der Waals surface area contributed by atoms with E-state index in [2.05, 4.69) is 68.4 Å². The molecule has 0 unspecified atom stereocenters. The summed E-state index contributed by atoms with van der Waals surface area (Å²) in [6.45, 7) is 12.0. The molecule has 1 aliphatic carbocycles. The third-order valence-electron chi connectivity index (χ3n) is 8.55. The van der Waals surface area contributed by atoms with Crippen LogP contribution in [0.25, 0.3) is 10.8 Å². The number of hydrogen-bond acceptors (Lipinski definition) is 4. The van der Waals surface area contributed by atoms with Gasteiger partial charge in [0.25, 0.3) is 5.91 Å². The minimum Gasteiger partial charge on any atom is -0.412 e. The molecule has 2 aliphatic rings. The number of halogens is 1. The molecule has 2 atom stereocenters. The first-order chi connectivity index (χ1) is 17.5. The van der Waals surface area contributed by atoms with Gasteiger partial charge < -0.3 is 14.6 Å². The molecule has 0 bridgehead atoms. The lowest BCUT2D eigenvalue weighted by atomic mass is 9.89. The van der Waals surface area contributed by atoms with Crippen molar-refractivity contribution in [3.63, 3.8) is 0 Å². The van der Waals surface area contributed by atoms with Crippen molar-refractivity contribution in [2.75, 3.05) is 12.0 Å². The highest BCUT2D eigenvalue weighted by molar-refractivity contribution is 6.74. The molecule has 3 aromatic rings. The van der Waals surface area contributed by atoms with Crippen LogP contribution in [0.3, 0.4) is 0 Å². The number of hydrogen-bond donors (Lipinski definition) is 1. The maximum absolute atomic E-state index is 14.1. The Morgan fingerprint density at radius 2 is 1.84 bits per heavy atom. The fraction of sp³-hybridized carbons (Fsp3) is 0.467. The lowest BCUT2D eigenvalue weighted by molar-refractivity contribution is 0.0243. The summed E-state index contributed by atoms with van der Waals surface area (Å²) in [7, 11) is -1.96. The minimum absolute atomic E-state index is 0.0852. The van der Waals surface area contributed by atoms with Crippen molar-refractivity contribution in [2.24, 2.45) is 0 Å². The summed E-state index contributed by atoms with van der Waals surface area (Å²) in [5.74, 6) is 0.103. The van der Waals surface area contributed by atoms with Crippen LogP contribution in [0.4, 0.5) is 5.69 Å². The standard InChI is InChI=1S/C30H38ClN3O2Si/c1-30(2,3)37(4,5)36-26-13-9-8-12-25(26)34-19-33-28-23-11-7-6-10-22(23)21(17-24(28)29(34)35)16-20-14-15-27(31)32-18-20/h6-7,10-11,14-15,17-18,25-26,33H,8-9,12-13,16,19H2,1-5H3/t25-,26-/m0/s1. The second-order valence-corrected chi connectivity index (χ2v) is 17.2. The number of rotatable bonds is 5. The van der Waals surface area contributed by atoms with E-state index in [1.807, 2.05) is 29.3 Å². The summed E-state index contributed by atoms with van der Waals surface area (Å²) in [5.41, 5.74) is 3.87. The zero-order chi connectivity index (χ0) is 26.4. The largest absolute Gasteiger partial charge is 0.412 e. The zero-order valence-electron chi connectivity index (χ0n) is 22.6. The molecule has 1 aliphatic heterocycles. The van der Waals surface area contributed by atoms with Gasteiger partial charge >= 0.3 is 0 Å². The average molecular weight is 536 g/mol. The highest BCUT2D eigenvalue weighted by Gasteiger charge is 2.44. The van der Waals surface area contributed by atoms with Crippen molar-refractivity contribution in [3.05, 3.63) is 70.5 Å². The molecule has 2 heterocycles. The number of fused-ring (bicyclic) bond motifs is 3. The fourth-order valence-corrected chi connectivity index (χ4v) is 6.97. The van der Waals surface area contributed by atoms with Crippen LogP contribution in [-0.2, 0) is 10.8 Å². The van der Waals surface area contributed by atoms with E-state index in [9.17, 15) is 4.79 Å². The topological polar surface area (TPSA) is 54.5 Å². The number of carbonyl (C=O) groups excluding carboxylic acids is 1. The molecule has 1 fully saturated rings. The second-order valence-electron chi connectivity index (χ2n) is 12.0. The molecule has 37 heavy (non-hydrogen) atoms. The third kappa shape index (κ3) is 5.16. The van der Waals surface area contributed by atoms with E-state index in [-0.39, 0.29) is 23.1 Å². The molecular weight excluding hydrogens is 498 g/mol. The first-order valence-electron chi connectivity index (χ1n) is 13.4. The number of nitrogens with zero attached hydrogens (tertiary/aromatic N) is 2. The van der Waals surface area contributed by atoms with E-state index in [0.29, 0.717) is 18.2 Å². The van der Waals surface area contributed by atoms with Crippen LogP contribution in [0, 0.1) is 0 Å². The van der Waals surface area contributed by atoms with Crippen molar-refractivity contribution < 1.29 is 9.22 Å². The minimum atomic E-state index is -1.96. The number of amides is 1. The van der Waals surface area contributed by atoms with Gasteiger partial charge in [0.2, 0.25) is 0 Å². The Morgan fingerprint density at radius 1 is 1.11 bits per heavy atom.